The lowest BCUT2D eigenvalue weighted by Gasteiger charge is -2.25. The second kappa shape index (κ2) is 11.2. The summed E-state index contributed by atoms with van der Waals surface area (Å²) >= 11 is 1.26. The van der Waals surface area contributed by atoms with E-state index in [-0.39, 0.29) is 23.5 Å². The van der Waals surface area contributed by atoms with Crippen molar-refractivity contribution in [1.29, 1.82) is 0 Å². The van der Waals surface area contributed by atoms with Gasteiger partial charge in [-0.05, 0) is 54.7 Å². The normalized spacial score (nSPS) is 15.2. The number of rotatable bonds is 7. The Kier molecular flexibility index (Phi) is 7.97. The van der Waals surface area contributed by atoms with Gasteiger partial charge in [-0.2, -0.15) is 0 Å². The standard InChI is InChI=1S/C29H30N2O6S/c1-7-36-28(34)25-17(4)30-29-31(26(25)21-12-13-22(37-18(5)32)23(15-21)35-6)27(33)24(38-29)14-19-8-10-20(11-9-19)16(2)3/h8-16,26H,7H2,1-6H3/b24-14+/t26-/m1/s1. The molecule has 0 saturated heterocycles. The largest absolute Gasteiger partial charge is 0.493 e. The smallest absolute Gasteiger partial charge is 0.338 e. The fourth-order valence-electron chi connectivity index (χ4n) is 4.33. The molecule has 0 bridgehead atoms. The van der Waals surface area contributed by atoms with Crippen molar-refractivity contribution in [3.63, 3.8) is 0 Å². The molecular formula is C29H30N2O6S. The van der Waals surface area contributed by atoms with Gasteiger partial charge in [-0.1, -0.05) is 55.5 Å². The van der Waals surface area contributed by atoms with Gasteiger partial charge in [0.15, 0.2) is 16.3 Å². The molecule has 3 aromatic rings. The van der Waals surface area contributed by atoms with Crippen LogP contribution in [0.2, 0.25) is 0 Å². The molecule has 0 N–H and O–H groups in total. The zero-order valence-corrected chi connectivity index (χ0v) is 23.0. The monoisotopic (exact) mass is 534 g/mol. The second-order valence-electron chi connectivity index (χ2n) is 9.13. The van der Waals surface area contributed by atoms with Crippen LogP contribution in [0.15, 0.2) is 63.5 Å². The first-order valence-corrected chi connectivity index (χ1v) is 13.1. The molecule has 1 aliphatic rings. The van der Waals surface area contributed by atoms with Crippen LogP contribution < -0.4 is 24.4 Å². The van der Waals surface area contributed by atoms with Crippen molar-refractivity contribution in [2.75, 3.05) is 13.7 Å². The van der Waals surface area contributed by atoms with Crippen molar-refractivity contribution in [2.24, 2.45) is 4.99 Å². The fourth-order valence-corrected chi connectivity index (χ4v) is 5.38. The van der Waals surface area contributed by atoms with Crippen LogP contribution in [0.4, 0.5) is 0 Å². The molecule has 8 nitrogen and oxygen atoms in total. The molecule has 198 valence electrons. The molecule has 1 aliphatic heterocycles. The minimum Gasteiger partial charge on any atom is -0.493 e. The first kappa shape index (κ1) is 27.1. The van der Waals surface area contributed by atoms with Crippen molar-refractivity contribution in [2.45, 2.75) is 46.6 Å². The molecule has 9 heteroatoms. The Bertz CT molecular complexity index is 1600. The van der Waals surface area contributed by atoms with Gasteiger partial charge in [-0.3, -0.25) is 14.2 Å². The molecule has 2 heterocycles. The van der Waals surface area contributed by atoms with Crippen molar-refractivity contribution in [3.05, 3.63) is 90.1 Å². The summed E-state index contributed by atoms with van der Waals surface area (Å²) in [6.45, 7) is 9.18. The van der Waals surface area contributed by atoms with E-state index in [2.05, 4.69) is 31.0 Å². The maximum absolute atomic E-state index is 13.8. The highest BCUT2D eigenvalue weighted by Gasteiger charge is 2.34. The number of carbonyl (C=O) groups is 2. The van der Waals surface area contributed by atoms with E-state index in [1.165, 1.54) is 35.5 Å². The number of thiazole rings is 1. The Balaban J connectivity index is 1.91. The molecule has 0 saturated carbocycles. The summed E-state index contributed by atoms with van der Waals surface area (Å²) < 4.78 is 18.0. The lowest BCUT2D eigenvalue weighted by Crippen LogP contribution is -2.40. The van der Waals surface area contributed by atoms with Gasteiger partial charge < -0.3 is 14.2 Å². The van der Waals surface area contributed by atoms with E-state index in [1.54, 1.807) is 32.0 Å². The quantitative estimate of drug-likeness (QED) is 0.338. The van der Waals surface area contributed by atoms with Crippen LogP contribution in [0.5, 0.6) is 11.5 Å². The summed E-state index contributed by atoms with van der Waals surface area (Å²) in [5, 5.41) is 0. The minimum atomic E-state index is -0.809. The predicted octanol–water partition coefficient (Wildman–Crippen LogP) is 3.86. The van der Waals surface area contributed by atoms with Crippen molar-refractivity contribution < 1.29 is 23.8 Å². The second-order valence-corrected chi connectivity index (χ2v) is 10.1. The maximum Gasteiger partial charge on any atom is 0.338 e. The number of allylic oxidation sites excluding steroid dienone is 1. The summed E-state index contributed by atoms with van der Waals surface area (Å²) in [5.74, 6) is -0.112. The summed E-state index contributed by atoms with van der Waals surface area (Å²) in [6, 6.07) is 12.2. The Labute approximate surface area is 224 Å². The number of nitrogens with zero attached hydrogens (tertiary/aromatic N) is 2. The van der Waals surface area contributed by atoms with Gasteiger partial charge in [0.1, 0.15) is 0 Å². The third kappa shape index (κ3) is 5.33. The molecule has 38 heavy (non-hydrogen) atoms. The lowest BCUT2D eigenvalue weighted by atomic mass is 9.95. The lowest BCUT2D eigenvalue weighted by molar-refractivity contribution is -0.139. The van der Waals surface area contributed by atoms with Gasteiger partial charge >= 0.3 is 11.9 Å². The first-order chi connectivity index (χ1) is 18.1. The summed E-state index contributed by atoms with van der Waals surface area (Å²) in [6.07, 6.45) is 1.83. The van der Waals surface area contributed by atoms with Crippen molar-refractivity contribution in [1.82, 2.24) is 4.57 Å². The zero-order valence-electron chi connectivity index (χ0n) is 22.2. The van der Waals surface area contributed by atoms with Gasteiger partial charge in [0.2, 0.25) is 0 Å². The molecular weight excluding hydrogens is 504 g/mol. The van der Waals surface area contributed by atoms with Gasteiger partial charge in [0, 0.05) is 6.92 Å². The van der Waals surface area contributed by atoms with E-state index < -0.39 is 18.0 Å². The third-order valence-electron chi connectivity index (χ3n) is 6.18. The average molecular weight is 535 g/mol. The summed E-state index contributed by atoms with van der Waals surface area (Å²) in [7, 11) is 1.45. The van der Waals surface area contributed by atoms with Crippen LogP contribution >= 0.6 is 11.3 Å². The molecule has 0 unspecified atom stereocenters. The molecule has 0 fully saturated rings. The third-order valence-corrected chi connectivity index (χ3v) is 7.16. The highest BCUT2D eigenvalue weighted by molar-refractivity contribution is 7.07. The van der Waals surface area contributed by atoms with Crippen LogP contribution in [-0.2, 0) is 14.3 Å². The van der Waals surface area contributed by atoms with Gasteiger partial charge in [0.05, 0.1) is 35.6 Å². The number of benzene rings is 2. The Morgan fingerprint density at radius 2 is 1.84 bits per heavy atom. The fraction of sp³-hybridized carbons (Fsp3) is 0.310. The summed E-state index contributed by atoms with van der Waals surface area (Å²) in [4.78, 5) is 43.5. The Hall–Kier alpha value is -3.98. The number of esters is 2. The number of hydrogen-bond donors (Lipinski definition) is 0. The van der Waals surface area contributed by atoms with E-state index in [9.17, 15) is 14.4 Å². The van der Waals surface area contributed by atoms with Crippen molar-refractivity contribution >= 4 is 29.4 Å². The number of fused-ring (bicyclic) bond motifs is 1. The molecule has 0 radical (unpaired) electrons. The number of carbonyl (C=O) groups excluding carboxylic acids is 2. The first-order valence-electron chi connectivity index (χ1n) is 12.3. The summed E-state index contributed by atoms with van der Waals surface area (Å²) in [5.41, 5.74) is 3.14. The maximum atomic E-state index is 13.8. The van der Waals surface area contributed by atoms with Gasteiger partial charge in [-0.25, -0.2) is 9.79 Å². The molecule has 0 amide bonds. The molecule has 2 aromatic carbocycles. The van der Waals surface area contributed by atoms with Crippen LogP contribution in [0.1, 0.15) is 63.3 Å². The highest BCUT2D eigenvalue weighted by Crippen LogP contribution is 2.36. The van der Waals surface area contributed by atoms with Crippen molar-refractivity contribution in [3.8, 4) is 11.5 Å². The predicted molar refractivity (Wildman–Crippen MR) is 145 cm³/mol. The Morgan fingerprint density at radius 3 is 2.45 bits per heavy atom. The van der Waals surface area contributed by atoms with Crippen LogP contribution in [0.3, 0.4) is 0 Å². The van der Waals surface area contributed by atoms with E-state index in [4.69, 9.17) is 14.2 Å². The number of ether oxygens (including phenoxy) is 3. The minimum absolute atomic E-state index is 0.174. The molecule has 1 atom stereocenters. The van der Waals surface area contributed by atoms with Gasteiger partial charge in [0.25, 0.3) is 5.56 Å². The zero-order chi connectivity index (χ0) is 27.6. The topological polar surface area (TPSA) is 96.2 Å². The molecule has 1 aromatic heterocycles. The number of aromatic nitrogens is 1. The highest BCUT2D eigenvalue weighted by atomic mass is 32.1. The van der Waals surface area contributed by atoms with E-state index in [0.29, 0.717) is 32.3 Å². The Morgan fingerprint density at radius 1 is 1.13 bits per heavy atom. The van der Waals surface area contributed by atoms with Gasteiger partial charge in [-0.15, -0.1) is 0 Å². The molecule has 4 rings (SSSR count). The van der Waals surface area contributed by atoms with Crippen LogP contribution in [0.25, 0.3) is 6.08 Å². The average Bonchev–Trinajstić information content (AvgIpc) is 3.17. The molecule has 0 spiro atoms. The SMILES string of the molecule is CCOC(=O)C1=C(C)N=c2s/c(=C/c3ccc(C(C)C)cc3)c(=O)n2[C@@H]1c1ccc(OC(C)=O)c(OC)c1. The van der Waals surface area contributed by atoms with E-state index in [1.807, 2.05) is 18.2 Å². The number of hydrogen-bond acceptors (Lipinski definition) is 8. The van der Waals surface area contributed by atoms with E-state index in [0.717, 1.165) is 5.56 Å². The van der Waals surface area contributed by atoms with Crippen LogP contribution in [0, 0.1) is 0 Å². The van der Waals surface area contributed by atoms with Crippen LogP contribution in [-0.4, -0.2) is 30.2 Å². The molecule has 0 aliphatic carbocycles. The van der Waals surface area contributed by atoms with E-state index >= 15 is 0 Å². The number of methoxy groups -OCH3 is 1.